The number of carbonyl (C=O) groups is 1. The van der Waals surface area contributed by atoms with Crippen LogP contribution in [0, 0.1) is 0 Å². The number of amides is 1. The van der Waals surface area contributed by atoms with Crippen LogP contribution in [-0.4, -0.2) is 37.0 Å². The SMILES string of the molecule is COc1ccc(OC)c(NC(=O)c2nn(-c3ccccc3)cc2OC)c1. The van der Waals surface area contributed by atoms with E-state index in [0.29, 0.717) is 22.9 Å². The second-order valence-electron chi connectivity index (χ2n) is 5.35. The highest BCUT2D eigenvalue weighted by atomic mass is 16.5. The number of benzene rings is 2. The summed E-state index contributed by atoms with van der Waals surface area (Å²) >= 11 is 0. The number of rotatable bonds is 6. The molecule has 0 aliphatic heterocycles. The van der Waals surface area contributed by atoms with E-state index in [1.165, 1.54) is 14.2 Å². The molecule has 0 saturated carbocycles. The molecular formula is C19H19N3O4. The van der Waals surface area contributed by atoms with Crippen LogP contribution in [0.1, 0.15) is 10.5 Å². The smallest absolute Gasteiger partial charge is 0.280 e. The first-order valence-corrected chi connectivity index (χ1v) is 7.88. The van der Waals surface area contributed by atoms with Gasteiger partial charge in [-0.2, -0.15) is 5.10 Å². The fraction of sp³-hybridized carbons (Fsp3) is 0.158. The number of nitrogens with one attached hydrogen (secondary N) is 1. The molecule has 0 fully saturated rings. The van der Waals surface area contributed by atoms with Crippen molar-refractivity contribution in [3.8, 4) is 22.9 Å². The van der Waals surface area contributed by atoms with Crippen molar-refractivity contribution in [2.24, 2.45) is 0 Å². The van der Waals surface area contributed by atoms with Crippen LogP contribution in [-0.2, 0) is 0 Å². The van der Waals surface area contributed by atoms with Crippen LogP contribution in [0.25, 0.3) is 5.69 Å². The average Bonchev–Trinajstić information content (AvgIpc) is 3.13. The number of aromatic nitrogens is 2. The number of para-hydroxylation sites is 1. The van der Waals surface area contributed by atoms with Crippen molar-refractivity contribution in [1.29, 1.82) is 0 Å². The highest BCUT2D eigenvalue weighted by Crippen LogP contribution is 2.30. The monoisotopic (exact) mass is 353 g/mol. The largest absolute Gasteiger partial charge is 0.497 e. The maximum atomic E-state index is 12.7. The topological polar surface area (TPSA) is 74.6 Å². The number of hydrogen-bond donors (Lipinski definition) is 1. The van der Waals surface area contributed by atoms with Crippen molar-refractivity contribution in [3.63, 3.8) is 0 Å². The van der Waals surface area contributed by atoms with Gasteiger partial charge in [-0.3, -0.25) is 4.79 Å². The van der Waals surface area contributed by atoms with E-state index in [9.17, 15) is 4.79 Å². The van der Waals surface area contributed by atoms with Gasteiger partial charge in [0.1, 0.15) is 11.5 Å². The minimum absolute atomic E-state index is 0.168. The van der Waals surface area contributed by atoms with Crippen LogP contribution in [0.2, 0.25) is 0 Å². The molecule has 0 bridgehead atoms. The van der Waals surface area contributed by atoms with Crippen molar-refractivity contribution >= 4 is 11.6 Å². The third kappa shape index (κ3) is 3.46. The molecular weight excluding hydrogens is 334 g/mol. The Bertz CT molecular complexity index is 906. The highest BCUT2D eigenvalue weighted by molar-refractivity contribution is 6.05. The second-order valence-corrected chi connectivity index (χ2v) is 5.35. The predicted octanol–water partition coefficient (Wildman–Crippen LogP) is 3.15. The summed E-state index contributed by atoms with van der Waals surface area (Å²) in [7, 11) is 4.58. The Kier molecular flexibility index (Phi) is 5.07. The lowest BCUT2D eigenvalue weighted by Gasteiger charge is -2.11. The molecule has 0 saturated heterocycles. The summed E-state index contributed by atoms with van der Waals surface area (Å²) in [5, 5.41) is 7.15. The van der Waals surface area contributed by atoms with Crippen molar-refractivity contribution < 1.29 is 19.0 Å². The molecule has 134 valence electrons. The third-order valence-electron chi connectivity index (χ3n) is 3.79. The lowest BCUT2D eigenvalue weighted by molar-refractivity contribution is 0.101. The highest BCUT2D eigenvalue weighted by Gasteiger charge is 2.20. The standard InChI is InChI=1S/C19H19N3O4/c1-24-14-9-10-16(25-2)15(11-14)20-19(23)18-17(26-3)12-22(21-18)13-7-5-4-6-8-13/h4-12H,1-3H3,(H,20,23). The van der Waals surface area contributed by atoms with E-state index in [-0.39, 0.29) is 5.69 Å². The van der Waals surface area contributed by atoms with E-state index < -0.39 is 5.91 Å². The van der Waals surface area contributed by atoms with Crippen LogP contribution in [0.15, 0.2) is 54.7 Å². The van der Waals surface area contributed by atoms with Gasteiger partial charge in [-0.15, -0.1) is 0 Å². The summed E-state index contributed by atoms with van der Waals surface area (Å²) in [6.45, 7) is 0. The molecule has 0 unspecified atom stereocenters. The van der Waals surface area contributed by atoms with Crippen LogP contribution < -0.4 is 19.5 Å². The van der Waals surface area contributed by atoms with Gasteiger partial charge in [0.05, 0.1) is 38.9 Å². The van der Waals surface area contributed by atoms with Gasteiger partial charge in [0.25, 0.3) is 5.91 Å². The predicted molar refractivity (Wildman–Crippen MR) is 97.6 cm³/mol. The molecule has 3 aromatic rings. The lowest BCUT2D eigenvalue weighted by atomic mass is 10.2. The number of methoxy groups -OCH3 is 3. The van der Waals surface area contributed by atoms with Crippen molar-refractivity contribution in [2.45, 2.75) is 0 Å². The van der Waals surface area contributed by atoms with Crippen LogP contribution in [0.5, 0.6) is 17.2 Å². The molecule has 1 amide bonds. The quantitative estimate of drug-likeness (QED) is 0.737. The Hall–Kier alpha value is -3.48. The zero-order valence-corrected chi connectivity index (χ0v) is 14.7. The first-order valence-electron chi connectivity index (χ1n) is 7.88. The average molecular weight is 353 g/mol. The molecule has 7 nitrogen and oxygen atoms in total. The summed E-state index contributed by atoms with van der Waals surface area (Å²) in [6.07, 6.45) is 1.66. The van der Waals surface area contributed by atoms with Gasteiger partial charge >= 0.3 is 0 Å². The molecule has 1 aromatic heterocycles. The van der Waals surface area contributed by atoms with Gasteiger partial charge in [-0.1, -0.05) is 18.2 Å². The van der Waals surface area contributed by atoms with Gasteiger partial charge in [-0.05, 0) is 24.3 Å². The molecule has 0 radical (unpaired) electrons. The molecule has 1 N–H and O–H groups in total. The Morgan fingerprint density at radius 3 is 2.35 bits per heavy atom. The lowest BCUT2D eigenvalue weighted by Crippen LogP contribution is -2.15. The summed E-state index contributed by atoms with van der Waals surface area (Å²) in [4.78, 5) is 12.7. The van der Waals surface area contributed by atoms with E-state index in [1.807, 2.05) is 30.3 Å². The minimum atomic E-state index is -0.414. The van der Waals surface area contributed by atoms with Crippen molar-refractivity contribution in [2.75, 3.05) is 26.6 Å². The maximum Gasteiger partial charge on any atom is 0.280 e. The van der Waals surface area contributed by atoms with E-state index in [0.717, 1.165) is 5.69 Å². The fourth-order valence-corrected chi connectivity index (χ4v) is 2.47. The Morgan fingerprint density at radius 2 is 1.69 bits per heavy atom. The van der Waals surface area contributed by atoms with E-state index in [4.69, 9.17) is 14.2 Å². The van der Waals surface area contributed by atoms with E-state index >= 15 is 0 Å². The molecule has 1 heterocycles. The third-order valence-corrected chi connectivity index (χ3v) is 3.79. The molecule has 0 aliphatic carbocycles. The van der Waals surface area contributed by atoms with Crippen LogP contribution >= 0.6 is 0 Å². The zero-order valence-electron chi connectivity index (χ0n) is 14.7. The molecule has 2 aromatic carbocycles. The number of hydrogen-bond acceptors (Lipinski definition) is 5. The molecule has 0 atom stereocenters. The molecule has 26 heavy (non-hydrogen) atoms. The minimum Gasteiger partial charge on any atom is -0.497 e. The van der Waals surface area contributed by atoms with Gasteiger partial charge in [0.15, 0.2) is 11.4 Å². The second kappa shape index (κ2) is 7.60. The van der Waals surface area contributed by atoms with Crippen LogP contribution in [0.4, 0.5) is 5.69 Å². The van der Waals surface area contributed by atoms with Crippen molar-refractivity contribution in [3.05, 3.63) is 60.4 Å². The summed E-state index contributed by atoms with van der Waals surface area (Å²) < 4.78 is 17.4. The van der Waals surface area contributed by atoms with Gasteiger partial charge < -0.3 is 19.5 Å². The zero-order chi connectivity index (χ0) is 18.5. The Morgan fingerprint density at radius 1 is 0.962 bits per heavy atom. The Labute approximate surface area is 151 Å². The number of anilines is 1. The number of nitrogens with zero attached hydrogens (tertiary/aromatic N) is 2. The van der Waals surface area contributed by atoms with Gasteiger partial charge in [0, 0.05) is 6.07 Å². The Balaban J connectivity index is 1.92. The van der Waals surface area contributed by atoms with E-state index in [1.54, 1.807) is 36.2 Å². The first-order chi connectivity index (χ1) is 12.7. The number of carbonyl (C=O) groups excluding carboxylic acids is 1. The fourth-order valence-electron chi connectivity index (χ4n) is 2.47. The molecule has 0 aliphatic rings. The molecule has 0 spiro atoms. The molecule has 7 heteroatoms. The van der Waals surface area contributed by atoms with E-state index in [2.05, 4.69) is 10.4 Å². The maximum absolute atomic E-state index is 12.7. The summed E-state index contributed by atoms with van der Waals surface area (Å²) in [5.41, 5.74) is 1.47. The number of ether oxygens (including phenoxy) is 3. The van der Waals surface area contributed by atoms with Gasteiger partial charge in [-0.25, -0.2) is 4.68 Å². The molecule has 3 rings (SSSR count). The summed E-state index contributed by atoms with van der Waals surface area (Å²) in [5.74, 6) is 1.07. The first kappa shape index (κ1) is 17.3. The van der Waals surface area contributed by atoms with Crippen LogP contribution in [0.3, 0.4) is 0 Å². The van der Waals surface area contributed by atoms with Gasteiger partial charge in [0.2, 0.25) is 0 Å². The normalized spacial score (nSPS) is 10.3. The van der Waals surface area contributed by atoms with Crippen molar-refractivity contribution in [1.82, 2.24) is 9.78 Å². The summed E-state index contributed by atoms with van der Waals surface area (Å²) in [6, 6.07) is 14.6.